The molecule has 28 heavy (non-hydrogen) atoms. The molecule has 3 aromatic carbocycles. The second-order valence-electron chi connectivity index (χ2n) is 6.39. The van der Waals surface area contributed by atoms with Crippen LogP contribution in [0.5, 0.6) is 0 Å². The summed E-state index contributed by atoms with van der Waals surface area (Å²) in [6.45, 7) is 0.414. The van der Waals surface area contributed by atoms with Gasteiger partial charge in [-0.05, 0) is 24.3 Å². The van der Waals surface area contributed by atoms with Crippen LogP contribution in [-0.2, 0) is 6.54 Å². The van der Waals surface area contributed by atoms with Gasteiger partial charge >= 0.3 is 0 Å². The number of rotatable bonds is 5. The fourth-order valence-electron chi connectivity index (χ4n) is 3.13. The molecule has 0 unspecified atom stereocenters. The van der Waals surface area contributed by atoms with E-state index in [0.717, 1.165) is 16.5 Å². The minimum Gasteiger partial charge on any atom is -0.342 e. The summed E-state index contributed by atoms with van der Waals surface area (Å²) in [5.41, 5.74) is 5.52. The van der Waals surface area contributed by atoms with Crippen LogP contribution in [0, 0.1) is 5.82 Å². The molecule has 0 aliphatic carbocycles. The van der Waals surface area contributed by atoms with Gasteiger partial charge in [0.1, 0.15) is 5.82 Å². The molecule has 0 saturated heterocycles. The van der Waals surface area contributed by atoms with Crippen molar-refractivity contribution in [3.8, 4) is 0 Å². The molecule has 0 fully saturated rings. The van der Waals surface area contributed by atoms with Gasteiger partial charge in [-0.1, -0.05) is 54.6 Å². The maximum absolute atomic E-state index is 14.0. The Morgan fingerprint density at radius 2 is 1.68 bits per heavy atom. The molecule has 1 amide bonds. The third kappa shape index (κ3) is 3.69. The van der Waals surface area contributed by atoms with Gasteiger partial charge in [-0.25, -0.2) is 9.82 Å². The second kappa shape index (κ2) is 7.88. The predicted molar refractivity (Wildman–Crippen MR) is 109 cm³/mol. The molecule has 1 heterocycles. The summed E-state index contributed by atoms with van der Waals surface area (Å²) in [6, 6.07) is 23.5. The molecule has 0 spiro atoms. The number of hydrogen-bond acceptors (Lipinski definition) is 2. The zero-order valence-electron chi connectivity index (χ0n) is 15.0. The van der Waals surface area contributed by atoms with Crippen LogP contribution in [0.1, 0.15) is 21.5 Å². The summed E-state index contributed by atoms with van der Waals surface area (Å²) in [5, 5.41) is 5.08. The first-order chi connectivity index (χ1) is 13.7. The van der Waals surface area contributed by atoms with Crippen molar-refractivity contribution in [1.82, 2.24) is 9.99 Å². The van der Waals surface area contributed by atoms with E-state index in [9.17, 15) is 9.18 Å². The zero-order chi connectivity index (χ0) is 19.3. The van der Waals surface area contributed by atoms with Crippen molar-refractivity contribution < 1.29 is 9.18 Å². The van der Waals surface area contributed by atoms with E-state index in [4.69, 9.17) is 0 Å². The maximum atomic E-state index is 14.0. The molecule has 138 valence electrons. The van der Waals surface area contributed by atoms with Crippen molar-refractivity contribution in [3.63, 3.8) is 0 Å². The van der Waals surface area contributed by atoms with E-state index in [0.29, 0.717) is 17.7 Å². The van der Waals surface area contributed by atoms with Crippen LogP contribution in [0.2, 0.25) is 0 Å². The highest BCUT2D eigenvalue weighted by atomic mass is 19.1. The maximum Gasteiger partial charge on any atom is 0.271 e. The number of carbonyl (C=O) groups is 1. The molecule has 1 N–H and O–H groups in total. The summed E-state index contributed by atoms with van der Waals surface area (Å²) in [6.07, 6.45) is 3.52. The van der Waals surface area contributed by atoms with E-state index in [1.54, 1.807) is 42.6 Å². The number of amides is 1. The Bertz CT molecular complexity index is 1150. The normalized spacial score (nSPS) is 11.2. The minimum absolute atomic E-state index is 0.231. The summed E-state index contributed by atoms with van der Waals surface area (Å²) in [5.74, 6) is -0.502. The molecular formula is C23H18FN3O. The van der Waals surface area contributed by atoms with E-state index in [-0.39, 0.29) is 11.7 Å². The third-order valence-electron chi connectivity index (χ3n) is 4.52. The molecule has 1 aromatic heterocycles. The fourth-order valence-corrected chi connectivity index (χ4v) is 3.13. The van der Waals surface area contributed by atoms with Crippen LogP contribution in [0.25, 0.3) is 10.9 Å². The average molecular weight is 371 g/mol. The number of hydrogen-bond donors (Lipinski definition) is 1. The molecule has 0 aliphatic heterocycles. The highest BCUT2D eigenvalue weighted by Gasteiger charge is 2.09. The largest absolute Gasteiger partial charge is 0.342 e. The van der Waals surface area contributed by atoms with Gasteiger partial charge in [0.25, 0.3) is 5.91 Å². The molecule has 4 aromatic rings. The summed E-state index contributed by atoms with van der Waals surface area (Å²) >= 11 is 0. The fraction of sp³-hybridized carbons (Fsp3) is 0.0435. The topological polar surface area (TPSA) is 46.4 Å². The van der Waals surface area contributed by atoms with Crippen molar-refractivity contribution in [3.05, 3.63) is 108 Å². The molecule has 0 aliphatic rings. The van der Waals surface area contributed by atoms with Gasteiger partial charge in [-0.3, -0.25) is 4.79 Å². The Morgan fingerprint density at radius 1 is 0.964 bits per heavy atom. The standard InChI is InChI=1S/C23H18FN3O/c24-21-12-6-4-10-18(21)15-27-16-19(20-11-5-7-13-22(20)27)14-25-26-23(28)17-8-2-1-3-9-17/h1-14,16H,15H2,(H,26,28). The number of halogens is 1. The quantitative estimate of drug-likeness (QED) is 0.405. The Balaban J connectivity index is 1.59. The first kappa shape index (κ1) is 17.7. The zero-order valence-corrected chi connectivity index (χ0v) is 15.0. The van der Waals surface area contributed by atoms with E-state index in [1.807, 2.05) is 47.2 Å². The molecule has 0 radical (unpaired) electrons. The third-order valence-corrected chi connectivity index (χ3v) is 4.52. The highest BCUT2D eigenvalue weighted by molar-refractivity contribution is 6.00. The Labute approximate surface area is 161 Å². The predicted octanol–water partition coefficient (Wildman–Crippen LogP) is 4.59. The van der Waals surface area contributed by atoms with E-state index in [1.165, 1.54) is 6.07 Å². The molecule has 4 rings (SSSR count). The van der Waals surface area contributed by atoms with Crippen LogP contribution in [0.4, 0.5) is 4.39 Å². The molecule has 0 atom stereocenters. The minimum atomic E-state index is -0.271. The first-order valence-corrected chi connectivity index (χ1v) is 8.92. The Morgan fingerprint density at radius 3 is 2.50 bits per heavy atom. The summed E-state index contributed by atoms with van der Waals surface area (Å²) in [7, 11) is 0. The molecular weight excluding hydrogens is 353 g/mol. The number of carbonyl (C=O) groups excluding carboxylic acids is 1. The van der Waals surface area contributed by atoms with Crippen molar-refractivity contribution in [2.45, 2.75) is 6.54 Å². The number of benzene rings is 3. The number of hydrazone groups is 1. The lowest BCUT2D eigenvalue weighted by Crippen LogP contribution is -2.17. The number of nitrogens with zero attached hydrogens (tertiary/aromatic N) is 2. The smallest absolute Gasteiger partial charge is 0.271 e. The Hall–Kier alpha value is -3.73. The molecule has 5 heteroatoms. The SMILES string of the molecule is O=C(NN=Cc1cn(Cc2ccccc2F)c2ccccc12)c1ccccc1. The van der Waals surface area contributed by atoms with Gasteiger partial charge in [0, 0.05) is 33.8 Å². The molecule has 0 saturated carbocycles. The lowest BCUT2D eigenvalue weighted by atomic mass is 10.2. The lowest BCUT2D eigenvalue weighted by molar-refractivity contribution is 0.0955. The van der Waals surface area contributed by atoms with Gasteiger partial charge in [-0.2, -0.15) is 5.10 Å². The number of fused-ring (bicyclic) bond motifs is 1. The average Bonchev–Trinajstić information content (AvgIpc) is 3.08. The van der Waals surface area contributed by atoms with Crippen molar-refractivity contribution in [2.75, 3.05) is 0 Å². The number of nitrogens with one attached hydrogen (secondary N) is 1. The highest BCUT2D eigenvalue weighted by Crippen LogP contribution is 2.22. The van der Waals surface area contributed by atoms with Crippen LogP contribution in [0.15, 0.2) is 90.2 Å². The van der Waals surface area contributed by atoms with Crippen LogP contribution < -0.4 is 5.43 Å². The first-order valence-electron chi connectivity index (χ1n) is 8.92. The molecule has 4 nitrogen and oxygen atoms in total. The number of aromatic nitrogens is 1. The van der Waals surface area contributed by atoms with Crippen molar-refractivity contribution in [2.24, 2.45) is 5.10 Å². The second-order valence-corrected chi connectivity index (χ2v) is 6.39. The Kier molecular flexibility index (Phi) is 4.97. The van der Waals surface area contributed by atoms with Gasteiger partial charge in [0.2, 0.25) is 0 Å². The lowest BCUT2D eigenvalue weighted by Gasteiger charge is -2.06. The van der Waals surface area contributed by atoms with E-state index >= 15 is 0 Å². The van der Waals surface area contributed by atoms with Crippen molar-refractivity contribution >= 4 is 23.0 Å². The van der Waals surface area contributed by atoms with Gasteiger partial charge in [-0.15, -0.1) is 0 Å². The van der Waals surface area contributed by atoms with Gasteiger partial charge in [0.05, 0.1) is 12.8 Å². The van der Waals surface area contributed by atoms with Crippen LogP contribution >= 0.6 is 0 Å². The van der Waals surface area contributed by atoms with E-state index in [2.05, 4.69) is 10.5 Å². The van der Waals surface area contributed by atoms with Gasteiger partial charge < -0.3 is 4.57 Å². The summed E-state index contributed by atoms with van der Waals surface area (Å²) in [4.78, 5) is 12.1. The van der Waals surface area contributed by atoms with Crippen LogP contribution in [0.3, 0.4) is 0 Å². The van der Waals surface area contributed by atoms with Crippen molar-refractivity contribution in [1.29, 1.82) is 0 Å². The van der Waals surface area contributed by atoms with Gasteiger partial charge in [0.15, 0.2) is 0 Å². The van der Waals surface area contributed by atoms with Crippen LogP contribution in [-0.4, -0.2) is 16.7 Å². The molecule has 0 bridgehead atoms. The number of para-hydroxylation sites is 1. The monoisotopic (exact) mass is 371 g/mol. The summed E-state index contributed by atoms with van der Waals surface area (Å²) < 4.78 is 16.0. The van der Waals surface area contributed by atoms with E-state index < -0.39 is 0 Å².